The van der Waals surface area contributed by atoms with E-state index in [1.165, 1.54) is 10.4 Å². The molecule has 24 heavy (non-hydrogen) atoms. The highest BCUT2D eigenvalue weighted by molar-refractivity contribution is 14.0. The molecule has 0 amide bonds. The van der Waals surface area contributed by atoms with E-state index >= 15 is 0 Å². The largest absolute Gasteiger partial charge is 0.354 e. The standard InChI is InChI=1S/C18H26N4S.HI/c1-13(10-11-16-8-6-5-7-9-16)21-18(19-4)20-12-17-22-14(2)15(3)23-17;/h5-9,13H,10-12H2,1-4H3,(H2,19,20,21);1H. The van der Waals surface area contributed by atoms with E-state index in [4.69, 9.17) is 0 Å². The summed E-state index contributed by atoms with van der Waals surface area (Å²) in [5.74, 6) is 0.830. The maximum absolute atomic E-state index is 4.54. The first-order valence-electron chi connectivity index (χ1n) is 8.02. The highest BCUT2D eigenvalue weighted by Gasteiger charge is 2.08. The van der Waals surface area contributed by atoms with Crippen molar-refractivity contribution in [2.75, 3.05) is 7.05 Å². The molecule has 132 valence electrons. The molecule has 1 unspecified atom stereocenters. The van der Waals surface area contributed by atoms with Crippen molar-refractivity contribution in [1.82, 2.24) is 15.6 Å². The van der Waals surface area contributed by atoms with Crippen molar-refractivity contribution in [3.05, 3.63) is 51.5 Å². The van der Waals surface area contributed by atoms with Crippen molar-refractivity contribution in [2.24, 2.45) is 4.99 Å². The summed E-state index contributed by atoms with van der Waals surface area (Å²) in [4.78, 5) is 10.1. The van der Waals surface area contributed by atoms with Crippen LogP contribution in [0, 0.1) is 13.8 Å². The first kappa shape index (κ1) is 20.9. The molecule has 2 rings (SSSR count). The first-order valence-corrected chi connectivity index (χ1v) is 8.84. The molecule has 0 radical (unpaired) electrons. The second-order valence-corrected chi connectivity index (χ2v) is 7.03. The normalized spacial score (nSPS) is 12.4. The number of thiazole rings is 1. The molecule has 6 heteroatoms. The fraction of sp³-hybridized carbons (Fsp3) is 0.444. The summed E-state index contributed by atoms with van der Waals surface area (Å²) < 4.78 is 0. The predicted octanol–water partition coefficient (Wildman–Crippen LogP) is 4.06. The Morgan fingerprint density at radius 1 is 1.25 bits per heavy atom. The molecule has 1 aromatic carbocycles. The molecular weight excluding hydrogens is 431 g/mol. The molecule has 0 fully saturated rings. The van der Waals surface area contributed by atoms with Crippen LogP contribution >= 0.6 is 35.3 Å². The number of aromatic nitrogens is 1. The molecular formula is C18H27IN4S. The topological polar surface area (TPSA) is 49.3 Å². The summed E-state index contributed by atoms with van der Waals surface area (Å²) in [5, 5.41) is 7.88. The van der Waals surface area contributed by atoms with Gasteiger partial charge in [-0.05, 0) is 39.2 Å². The van der Waals surface area contributed by atoms with Crippen LogP contribution < -0.4 is 10.6 Å². The van der Waals surface area contributed by atoms with Crippen LogP contribution in [0.1, 0.15) is 34.5 Å². The zero-order valence-electron chi connectivity index (χ0n) is 14.8. The molecule has 2 N–H and O–H groups in total. The summed E-state index contributed by atoms with van der Waals surface area (Å²) in [6.07, 6.45) is 2.14. The molecule has 2 aromatic rings. The van der Waals surface area contributed by atoms with E-state index in [-0.39, 0.29) is 24.0 Å². The number of aryl methyl sites for hydroxylation is 3. The zero-order chi connectivity index (χ0) is 16.7. The average Bonchev–Trinajstić information content (AvgIpc) is 2.88. The minimum atomic E-state index is 0. The van der Waals surface area contributed by atoms with E-state index in [1.54, 1.807) is 18.4 Å². The van der Waals surface area contributed by atoms with Crippen LogP contribution in [0.2, 0.25) is 0 Å². The van der Waals surface area contributed by atoms with Crippen LogP contribution in [0.3, 0.4) is 0 Å². The van der Waals surface area contributed by atoms with E-state index in [0.717, 1.165) is 29.5 Å². The van der Waals surface area contributed by atoms with Gasteiger partial charge in [0.25, 0.3) is 0 Å². The van der Waals surface area contributed by atoms with Crippen molar-refractivity contribution in [3.8, 4) is 0 Å². The van der Waals surface area contributed by atoms with Crippen LogP contribution in [0.15, 0.2) is 35.3 Å². The Morgan fingerprint density at radius 3 is 2.54 bits per heavy atom. The maximum Gasteiger partial charge on any atom is 0.191 e. The van der Waals surface area contributed by atoms with Crippen LogP contribution in [0.4, 0.5) is 0 Å². The van der Waals surface area contributed by atoms with Crippen molar-refractivity contribution in [1.29, 1.82) is 0 Å². The minimum absolute atomic E-state index is 0. The van der Waals surface area contributed by atoms with Gasteiger partial charge in [-0.25, -0.2) is 4.98 Å². The lowest BCUT2D eigenvalue weighted by Gasteiger charge is -2.17. The number of aliphatic imine (C=N–C) groups is 1. The molecule has 0 spiro atoms. The van der Waals surface area contributed by atoms with Crippen LogP contribution in [-0.2, 0) is 13.0 Å². The van der Waals surface area contributed by atoms with Crippen molar-refractivity contribution >= 4 is 41.3 Å². The van der Waals surface area contributed by atoms with Gasteiger partial charge in [0.2, 0.25) is 0 Å². The number of nitrogens with one attached hydrogen (secondary N) is 2. The number of rotatable bonds is 6. The zero-order valence-corrected chi connectivity index (χ0v) is 17.9. The number of benzene rings is 1. The van der Waals surface area contributed by atoms with Gasteiger partial charge >= 0.3 is 0 Å². The lowest BCUT2D eigenvalue weighted by Crippen LogP contribution is -2.42. The molecule has 1 atom stereocenters. The Bertz CT molecular complexity index is 620. The summed E-state index contributed by atoms with van der Waals surface area (Å²) in [7, 11) is 1.80. The van der Waals surface area contributed by atoms with Crippen LogP contribution in [0.5, 0.6) is 0 Å². The summed E-state index contributed by atoms with van der Waals surface area (Å²) in [6, 6.07) is 10.9. The quantitative estimate of drug-likeness (QED) is 0.390. The lowest BCUT2D eigenvalue weighted by molar-refractivity contribution is 0.593. The number of nitrogens with zero attached hydrogens (tertiary/aromatic N) is 2. The molecule has 0 aliphatic carbocycles. The molecule has 0 aliphatic rings. The Balaban J connectivity index is 0.00000288. The number of hydrogen-bond acceptors (Lipinski definition) is 3. The second kappa shape index (κ2) is 10.7. The fourth-order valence-electron chi connectivity index (χ4n) is 2.30. The number of hydrogen-bond donors (Lipinski definition) is 2. The lowest BCUT2D eigenvalue weighted by atomic mass is 10.1. The van der Waals surface area contributed by atoms with Gasteiger partial charge in [0, 0.05) is 18.0 Å². The molecule has 0 bridgehead atoms. The van der Waals surface area contributed by atoms with Gasteiger partial charge in [-0.3, -0.25) is 4.99 Å². The van der Waals surface area contributed by atoms with Gasteiger partial charge in [-0.15, -0.1) is 35.3 Å². The monoisotopic (exact) mass is 458 g/mol. The van der Waals surface area contributed by atoms with E-state index in [0.29, 0.717) is 12.6 Å². The molecule has 1 heterocycles. The average molecular weight is 458 g/mol. The highest BCUT2D eigenvalue weighted by atomic mass is 127. The third-order valence-corrected chi connectivity index (χ3v) is 4.87. The van der Waals surface area contributed by atoms with Crippen molar-refractivity contribution < 1.29 is 0 Å². The van der Waals surface area contributed by atoms with Gasteiger partial charge in [0.05, 0.1) is 12.2 Å². The van der Waals surface area contributed by atoms with E-state index in [2.05, 4.69) is 64.8 Å². The van der Waals surface area contributed by atoms with Gasteiger partial charge in [0.1, 0.15) is 5.01 Å². The Labute approximate surface area is 166 Å². The first-order chi connectivity index (χ1) is 11.1. The Morgan fingerprint density at radius 2 is 1.96 bits per heavy atom. The van der Waals surface area contributed by atoms with Crippen molar-refractivity contribution in [2.45, 2.75) is 46.2 Å². The molecule has 0 saturated carbocycles. The third-order valence-electron chi connectivity index (χ3n) is 3.80. The smallest absolute Gasteiger partial charge is 0.191 e. The number of guanidine groups is 1. The summed E-state index contributed by atoms with van der Waals surface area (Å²) in [5.41, 5.74) is 2.49. The Kier molecular flexibility index (Phi) is 9.28. The van der Waals surface area contributed by atoms with Gasteiger partial charge in [-0.2, -0.15) is 0 Å². The fourth-order valence-corrected chi connectivity index (χ4v) is 3.18. The van der Waals surface area contributed by atoms with Gasteiger partial charge in [0.15, 0.2) is 5.96 Å². The number of halogens is 1. The van der Waals surface area contributed by atoms with Crippen LogP contribution in [-0.4, -0.2) is 24.0 Å². The van der Waals surface area contributed by atoms with Gasteiger partial charge in [-0.1, -0.05) is 30.3 Å². The minimum Gasteiger partial charge on any atom is -0.354 e. The van der Waals surface area contributed by atoms with Gasteiger partial charge < -0.3 is 10.6 Å². The molecule has 0 saturated heterocycles. The SMILES string of the molecule is CN=C(NCc1nc(C)c(C)s1)NC(C)CCc1ccccc1.I. The highest BCUT2D eigenvalue weighted by Crippen LogP contribution is 2.15. The van der Waals surface area contributed by atoms with E-state index in [9.17, 15) is 0 Å². The molecule has 1 aromatic heterocycles. The summed E-state index contributed by atoms with van der Waals surface area (Å²) >= 11 is 1.74. The van der Waals surface area contributed by atoms with Crippen LogP contribution in [0.25, 0.3) is 0 Å². The van der Waals surface area contributed by atoms with E-state index < -0.39 is 0 Å². The van der Waals surface area contributed by atoms with Crippen molar-refractivity contribution in [3.63, 3.8) is 0 Å². The third kappa shape index (κ3) is 6.76. The van der Waals surface area contributed by atoms with E-state index in [1.807, 2.05) is 6.92 Å². The predicted molar refractivity (Wildman–Crippen MR) is 115 cm³/mol. The molecule has 4 nitrogen and oxygen atoms in total. The summed E-state index contributed by atoms with van der Waals surface area (Å²) in [6.45, 7) is 7.06. The second-order valence-electron chi connectivity index (χ2n) is 5.74. The maximum atomic E-state index is 4.54. The molecule has 0 aliphatic heterocycles. The Hall–Kier alpha value is -1.15.